The second-order valence-corrected chi connectivity index (χ2v) is 7.64. The molecule has 2 aliphatic rings. The number of carbonyl (C=O) groups excluding carboxylic acids is 3. The highest BCUT2D eigenvalue weighted by Crippen LogP contribution is 2.49. The number of primary amides is 1. The fourth-order valence-electron chi connectivity index (χ4n) is 4.06. The van der Waals surface area contributed by atoms with Crippen LogP contribution >= 0.6 is 11.3 Å². The van der Waals surface area contributed by atoms with Crippen LogP contribution in [0.25, 0.3) is 0 Å². The first-order chi connectivity index (χ1) is 11.4. The van der Waals surface area contributed by atoms with Gasteiger partial charge in [0.1, 0.15) is 9.88 Å². The molecule has 1 aromatic rings. The van der Waals surface area contributed by atoms with Crippen LogP contribution in [0.4, 0.5) is 5.00 Å². The molecule has 1 aromatic heterocycles. The Bertz CT molecular complexity index is 697. The van der Waals surface area contributed by atoms with Gasteiger partial charge in [0, 0.05) is 5.92 Å². The molecule has 6 nitrogen and oxygen atoms in total. The fraction of sp³-hybridized carbons (Fsp3) is 0.588. The summed E-state index contributed by atoms with van der Waals surface area (Å²) in [5.74, 6) is -0.121. The minimum atomic E-state index is -0.650. The molecule has 2 bridgehead atoms. The Labute approximate surface area is 144 Å². The zero-order chi connectivity index (χ0) is 17.4. The third-order valence-electron chi connectivity index (χ3n) is 5.17. The van der Waals surface area contributed by atoms with Crippen LogP contribution in [0.15, 0.2) is 0 Å². The van der Waals surface area contributed by atoms with Crippen molar-refractivity contribution in [3.8, 4) is 0 Å². The largest absolute Gasteiger partial charge is 0.462 e. The van der Waals surface area contributed by atoms with Crippen LogP contribution in [0.1, 0.15) is 58.2 Å². The third-order valence-corrected chi connectivity index (χ3v) is 6.35. The van der Waals surface area contributed by atoms with Crippen LogP contribution in [-0.2, 0) is 9.53 Å². The first-order valence-electron chi connectivity index (χ1n) is 8.33. The summed E-state index contributed by atoms with van der Waals surface area (Å²) in [6.45, 7) is 3.61. The third kappa shape index (κ3) is 2.92. The monoisotopic (exact) mass is 350 g/mol. The van der Waals surface area contributed by atoms with E-state index in [9.17, 15) is 14.4 Å². The number of fused-ring (bicyclic) bond motifs is 2. The number of amides is 2. The maximum Gasteiger partial charge on any atom is 0.348 e. The fourth-order valence-corrected chi connectivity index (χ4v) is 5.17. The Morgan fingerprint density at radius 3 is 2.58 bits per heavy atom. The molecular weight excluding hydrogens is 328 g/mol. The smallest absolute Gasteiger partial charge is 0.348 e. The van der Waals surface area contributed by atoms with Gasteiger partial charge in [-0.15, -0.1) is 11.3 Å². The van der Waals surface area contributed by atoms with E-state index in [1.807, 2.05) is 0 Å². The molecule has 2 saturated carbocycles. The number of hydrogen-bond donors (Lipinski definition) is 2. The van der Waals surface area contributed by atoms with Crippen LogP contribution in [0.2, 0.25) is 0 Å². The van der Waals surface area contributed by atoms with Gasteiger partial charge in [-0.05, 0) is 50.5 Å². The minimum absolute atomic E-state index is 0.00192. The number of nitrogens with one attached hydrogen (secondary N) is 1. The van der Waals surface area contributed by atoms with E-state index in [1.54, 1.807) is 13.8 Å². The molecule has 130 valence electrons. The molecule has 3 N–H and O–H groups in total. The number of rotatable bonds is 5. The summed E-state index contributed by atoms with van der Waals surface area (Å²) in [4.78, 5) is 36.8. The number of anilines is 1. The van der Waals surface area contributed by atoms with Crippen molar-refractivity contribution >= 4 is 34.1 Å². The number of carbonyl (C=O) groups is 3. The SMILES string of the molecule is CCOC(=O)c1sc(NC(=O)[C@@H]2C[C@H]3CC[C@@H]2C3)c(C(N)=O)c1C. The van der Waals surface area contributed by atoms with Crippen LogP contribution in [0.5, 0.6) is 0 Å². The van der Waals surface area contributed by atoms with Crippen molar-refractivity contribution < 1.29 is 19.1 Å². The van der Waals surface area contributed by atoms with Crippen LogP contribution in [0, 0.1) is 24.7 Å². The van der Waals surface area contributed by atoms with E-state index in [1.165, 1.54) is 6.42 Å². The first-order valence-corrected chi connectivity index (χ1v) is 9.15. The van der Waals surface area contributed by atoms with Crippen LogP contribution in [-0.4, -0.2) is 24.4 Å². The van der Waals surface area contributed by atoms with Crippen molar-refractivity contribution in [2.75, 3.05) is 11.9 Å². The van der Waals surface area contributed by atoms with Crippen LogP contribution < -0.4 is 11.1 Å². The Kier molecular flexibility index (Phi) is 4.62. The van der Waals surface area contributed by atoms with Crippen molar-refractivity contribution in [1.29, 1.82) is 0 Å². The highest BCUT2D eigenvalue weighted by atomic mass is 32.1. The van der Waals surface area contributed by atoms with Gasteiger partial charge in [0.15, 0.2) is 0 Å². The molecule has 3 atom stereocenters. The lowest BCUT2D eigenvalue weighted by atomic mass is 9.88. The van der Waals surface area contributed by atoms with Gasteiger partial charge < -0.3 is 15.8 Å². The summed E-state index contributed by atoms with van der Waals surface area (Å²) in [7, 11) is 0. The molecule has 2 aliphatic carbocycles. The lowest BCUT2D eigenvalue weighted by Crippen LogP contribution is -2.27. The van der Waals surface area contributed by atoms with E-state index in [2.05, 4.69) is 5.32 Å². The minimum Gasteiger partial charge on any atom is -0.462 e. The van der Waals surface area contributed by atoms with Gasteiger partial charge in [0.2, 0.25) is 5.91 Å². The molecule has 0 unspecified atom stereocenters. The topological polar surface area (TPSA) is 98.5 Å². The Morgan fingerprint density at radius 1 is 1.29 bits per heavy atom. The number of thiophene rings is 1. The molecule has 0 radical (unpaired) electrons. The van der Waals surface area contributed by atoms with Gasteiger partial charge >= 0.3 is 5.97 Å². The normalized spacial score (nSPS) is 24.8. The maximum atomic E-state index is 12.6. The van der Waals surface area contributed by atoms with Crippen LogP contribution in [0.3, 0.4) is 0 Å². The standard InChI is InChI=1S/C17H22N2O4S/c1-3-23-17(22)13-8(2)12(14(18)20)16(24-13)19-15(21)11-7-9-4-5-10(11)6-9/h9-11H,3-7H2,1-2H3,(H2,18,20)(H,19,21)/t9-,10+,11+/m0/s1. The number of hydrogen-bond acceptors (Lipinski definition) is 5. The van der Waals surface area contributed by atoms with E-state index in [0.29, 0.717) is 27.3 Å². The molecule has 0 aromatic carbocycles. The molecule has 24 heavy (non-hydrogen) atoms. The van der Waals surface area contributed by atoms with Crippen molar-refractivity contribution in [3.05, 3.63) is 16.0 Å². The summed E-state index contributed by atoms with van der Waals surface area (Å²) in [5.41, 5.74) is 6.13. The van der Waals surface area contributed by atoms with Crippen molar-refractivity contribution in [2.45, 2.75) is 39.5 Å². The van der Waals surface area contributed by atoms with E-state index < -0.39 is 11.9 Å². The number of ether oxygens (including phenoxy) is 1. The summed E-state index contributed by atoms with van der Waals surface area (Å²) >= 11 is 1.06. The molecular formula is C17H22N2O4S. The Hall–Kier alpha value is -1.89. The maximum absolute atomic E-state index is 12.6. The van der Waals surface area contributed by atoms with Gasteiger partial charge in [-0.2, -0.15) is 0 Å². The van der Waals surface area contributed by atoms with E-state index in [0.717, 1.165) is 30.6 Å². The molecule has 0 saturated heterocycles. The van der Waals surface area contributed by atoms with Crippen molar-refractivity contribution in [1.82, 2.24) is 0 Å². The summed E-state index contributed by atoms with van der Waals surface area (Å²) in [6.07, 6.45) is 4.35. The molecule has 2 fully saturated rings. The second kappa shape index (κ2) is 6.55. The van der Waals surface area contributed by atoms with E-state index >= 15 is 0 Å². The van der Waals surface area contributed by atoms with Gasteiger partial charge in [-0.3, -0.25) is 9.59 Å². The van der Waals surface area contributed by atoms with Gasteiger partial charge in [-0.25, -0.2) is 4.79 Å². The zero-order valence-corrected chi connectivity index (χ0v) is 14.7. The molecule has 0 spiro atoms. The zero-order valence-electron chi connectivity index (χ0n) is 13.9. The molecule has 0 aliphatic heterocycles. The van der Waals surface area contributed by atoms with E-state index in [-0.39, 0.29) is 24.0 Å². The summed E-state index contributed by atoms with van der Waals surface area (Å²) < 4.78 is 5.01. The summed E-state index contributed by atoms with van der Waals surface area (Å²) in [5, 5.41) is 3.21. The molecule has 1 heterocycles. The average molecular weight is 350 g/mol. The Morgan fingerprint density at radius 2 is 2.04 bits per heavy atom. The first kappa shape index (κ1) is 17.0. The van der Waals surface area contributed by atoms with Crippen molar-refractivity contribution in [2.24, 2.45) is 23.5 Å². The van der Waals surface area contributed by atoms with Crippen molar-refractivity contribution in [3.63, 3.8) is 0 Å². The predicted molar refractivity (Wildman–Crippen MR) is 91.1 cm³/mol. The van der Waals surface area contributed by atoms with Gasteiger partial charge in [-0.1, -0.05) is 6.42 Å². The molecule has 3 rings (SSSR count). The average Bonchev–Trinajstić information content (AvgIpc) is 3.21. The highest BCUT2D eigenvalue weighted by molar-refractivity contribution is 7.18. The summed E-state index contributed by atoms with van der Waals surface area (Å²) in [6, 6.07) is 0. The highest BCUT2D eigenvalue weighted by Gasteiger charge is 2.43. The predicted octanol–water partition coefficient (Wildman–Crippen LogP) is 2.71. The molecule has 2 amide bonds. The quantitative estimate of drug-likeness (QED) is 0.798. The number of esters is 1. The van der Waals surface area contributed by atoms with Gasteiger partial charge in [0.25, 0.3) is 5.91 Å². The van der Waals surface area contributed by atoms with E-state index in [4.69, 9.17) is 10.5 Å². The molecule has 7 heteroatoms. The lowest BCUT2D eigenvalue weighted by molar-refractivity contribution is -0.121. The number of nitrogens with two attached hydrogens (primary N) is 1. The second-order valence-electron chi connectivity index (χ2n) is 6.62. The Balaban J connectivity index is 1.84. The van der Waals surface area contributed by atoms with Gasteiger partial charge in [0.05, 0.1) is 12.2 Å². The lowest BCUT2D eigenvalue weighted by Gasteiger charge is -2.20.